The zero-order chi connectivity index (χ0) is 14.5. The van der Waals surface area contributed by atoms with Crippen LogP contribution in [0.2, 0.25) is 0 Å². The number of thiophene rings is 1. The van der Waals surface area contributed by atoms with E-state index in [1.54, 1.807) is 24.8 Å². The highest BCUT2D eigenvalue weighted by Gasteiger charge is 2.17. The molecule has 0 aliphatic heterocycles. The van der Waals surface area contributed by atoms with Crippen molar-refractivity contribution in [3.8, 4) is 5.75 Å². The van der Waals surface area contributed by atoms with Crippen molar-refractivity contribution in [1.82, 2.24) is 20.2 Å². The van der Waals surface area contributed by atoms with Crippen molar-refractivity contribution in [2.45, 2.75) is 32.9 Å². The Hall–Kier alpha value is -1.44. The zero-order valence-corrected chi connectivity index (χ0v) is 12.9. The summed E-state index contributed by atoms with van der Waals surface area (Å²) in [7, 11) is 1.66. The summed E-state index contributed by atoms with van der Waals surface area (Å²) in [6.45, 7) is 5.18. The highest BCUT2D eigenvalue weighted by molar-refractivity contribution is 7.10. The molecule has 0 aromatic carbocycles. The van der Waals surface area contributed by atoms with Gasteiger partial charge >= 0.3 is 0 Å². The lowest BCUT2D eigenvalue weighted by molar-refractivity contribution is 0.415. The van der Waals surface area contributed by atoms with E-state index in [-0.39, 0.29) is 6.04 Å². The average Bonchev–Trinajstić information content (AvgIpc) is 3.04. The molecule has 1 atom stereocenters. The average molecular weight is 295 g/mol. The highest BCUT2D eigenvalue weighted by Crippen LogP contribution is 2.28. The van der Waals surface area contributed by atoms with Gasteiger partial charge in [-0.15, -0.1) is 11.3 Å². The number of nitrogens with two attached hydrogens (primary N) is 1. The van der Waals surface area contributed by atoms with Crippen molar-refractivity contribution in [1.29, 1.82) is 0 Å². The Morgan fingerprint density at radius 3 is 2.90 bits per heavy atom. The molecule has 0 saturated carbocycles. The normalized spacial score (nSPS) is 12.8. The molecule has 2 rings (SSSR count). The first-order chi connectivity index (χ1) is 9.63. The molecule has 0 spiro atoms. The SMILES string of the molecule is COc1csc(C(Cc2ncnn2CC(C)C)NN)c1. The number of aromatic nitrogens is 3. The fraction of sp³-hybridized carbons (Fsp3) is 0.538. The molecule has 0 fully saturated rings. The van der Waals surface area contributed by atoms with Gasteiger partial charge in [0.05, 0.1) is 13.2 Å². The third kappa shape index (κ3) is 3.56. The molecular weight excluding hydrogens is 274 g/mol. The summed E-state index contributed by atoms with van der Waals surface area (Å²) in [6.07, 6.45) is 2.30. The third-order valence-electron chi connectivity index (χ3n) is 3.00. The number of nitrogens with zero attached hydrogens (tertiary/aromatic N) is 3. The molecule has 110 valence electrons. The Balaban J connectivity index is 2.12. The molecular formula is C13H21N5OS. The first kappa shape index (κ1) is 15.0. The van der Waals surface area contributed by atoms with Crippen molar-refractivity contribution in [2.75, 3.05) is 7.11 Å². The Morgan fingerprint density at radius 2 is 2.30 bits per heavy atom. The molecule has 0 aliphatic rings. The molecule has 2 aromatic rings. The monoisotopic (exact) mass is 295 g/mol. The molecule has 7 heteroatoms. The molecule has 3 N–H and O–H groups in total. The summed E-state index contributed by atoms with van der Waals surface area (Å²) in [5.74, 6) is 8.01. The van der Waals surface area contributed by atoms with Crippen LogP contribution in [0.25, 0.3) is 0 Å². The van der Waals surface area contributed by atoms with E-state index >= 15 is 0 Å². The van der Waals surface area contributed by atoms with E-state index < -0.39 is 0 Å². The quantitative estimate of drug-likeness (QED) is 0.601. The van der Waals surface area contributed by atoms with Gasteiger partial charge in [-0.05, 0) is 12.0 Å². The standard InChI is InChI=1S/C13H21N5OS/c1-9(2)6-18-13(15-8-16-18)5-11(17-14)12-4-10(19-3)7-20-12/h4,7-9,11,17H,5-6,14H2,1-3H3. The Morgan fingerprint density at radius 1 is 1.50 bits per heavy atom. The summed E-state index contributed by atoms with van der Waals surface area (Å²) in [5.41, 5.74) is 2.85. The maximum Gasteiger partial charge on any atom is 0.138 e. The Labute approximate surface area is 122 Å². The lowest BCUT2D eigenvalue weighted by atomic mass is 10.1. The minimum absolute atomic E-state index is 0.0130. The lowest BCUT2D eigenvalue weighted by Crippen LogP contribution is -2.30. The summed E-state index contributed by atoms with van der Waals surface area (Å²) >= 11 is 1.62. The van der Waals surface area contributed by atoms with Gasteiger partial charge in [0.15, 0.2) is 0 Å². The van der Waals surface area contributed by atoms with Crippen molar-refractivity contribution in [3.63, 3.8) is 0 Å². The molecule has 0 amide bonds. The summed E-state index contributed by atoms with van der Waals surface area (Å²) < 4.78 is 7.15. The van der Waals surface area contributed by atoms with Gasteiger partial charge in [-0.2, -0.15) is 5.10 Å². The maximum atomic E-state index is 5.68. The largest absolute Gasteiger partial charge is 0.496 e. The second-order valence-corrected chi connectivity index (χ2v) is 6.01. The van der Waals surface area contributed by atoms with Gasteiger partial charge in [0.2, 0.25) is 0 Å². The minimum atomic E-state index is 0.0130. The second-order valence-electron chi connectivity index (χ2n) is 5.06. The third-order valence-corrected chi connectivity index (χ3v) is 4.02. The van der Waals surface area contributed by atoms with Crippen molar-refractivity contribution >= 4 is 11.3 Å². The molecule has 1 unspecified atom stereocenters. The van der Waals surface area contributed by atoms with Crippen molar-refractivity contribution < 1.29 is 4.74 Å². The highest BCUT2D eigenvalue weighted by atomic mass is 32.1. The predicted octanol–water partition coefficient (Wildman–Crippen LogP) is 1.75. The van der Waals surface area contributed by atoms with E-state index in [1.165, 1.54) is 0 Å². The van der Waals surface area contributed by atoms with Crippen LogP contribution in [0.3, 0.4) is 0 Å². The van der Waals surface area contributed by atoms with Gasteiger partial charge in [0.1, 0.15) is 17.9 Å². The van der Waals surface area contributed by atoms with Crippen LogP contribution in [-0.2, 0) is 13.0 Å². The van der Waals surface area contributed by atoms with Crippen LogP contribution in [0.5, 0.6) is 5.75 Å². The molecule has 0 saturated heterocycles. The Kier molecular flexibility index (Phi) is 5.11. The zero-order valence-electron chi connectivity index (χ0n) is 12.0. The number of hydrogen-bond acceptors (Lipinski definition) is 6. The smallest absolute Gasteiger partial charge is 0.138 e. The van der Waals surface area contributed by atoms with Gasteiger partial charge in [-0.3, -0.25) is 11.3 Å². The topological polar surface area (TPSA) is 78.0 Å². The minimum Gasteiger partial charge on any atom is -0.496 e. The fourth-order valence-corrected chi connectivity index (χ4v) is 2.91. The second kappa shape index (κ2) is 6.83. The molecule has 0 bridgehead atoms. The summed E-state index contributed by atoms with van der Waals surface area (Å²) in [6, 6.07) is 2.01. The van der Waals surface area contributed by atoms with Crippen LogP contribution >= 0.6 is 11.3 Å². The summed E-state index contributed by atoms with van der Waals surface area (Å²) in [4.78, 5) is 5.47. The van der Waals surface area contributed by atoms with E-state index in [0.29, 0.717) is 12.3 Å². The van der Waals surface area contributed by atoms with Crippen LogP contribution in [-0.4, -0.2) is 21.9 Å². The predicted molar refractivity (Wildman–Crippen MR) is 79.5 cm³/mol. The van der Waals surface area contributed by atoms with Crippen molar-refractivity contribution in [2.24, 2.45) is 11.8 Å². The van der Waals surface area contributed by atoms with E-state index in [0.717, 1.165) is 23.0 Å². The van der Waals surface area contributed by atoms with Crippen LogP contribution in [0.15, 0.2) is 17.8 Å². The van der Waals surface area contributed by atoms with Gasteiger partial charge in [0, 0.05) is 23.2 Å². The van der Waals surface area contributed by atoms with Crippen LogP contribution in [0.1, 0.15) is 30.6 Å². The number of ether oxygens (including phenoxy) is 1. The van der Waals surface area contributed by atoms with Crippen LogP contribution in [0.4, 0.5) is 0 Å². The number of hydrogen-bond donors (Lipinski definition) is 2. The number of methoxy groups -OCH3 is 1. The van der Waals surface area contributed by atoms with E-state index in [1.807, 2.05) is 16.1 Å². The maximum absolute atomic E-state index is 5.68. The van der Waals surface area contributed by atoms with Gasteiger partial charge in [0.25, 0.3) is 0 Å². The number of nitrogens with one attached hydrogen (secondary N) is 1. The van der Waals surface area contributed by atoms with Crippen LogP contribution < -0.4 is 16.0 Å². The van der Waals surface area contributed by atoms with Gasteiger partial charge in [-0.25, -0.2) is 9.67 Å². The molecule has 20 heavy (non-hydrogen) atoms. The molecule has 6 nitrogen and oxygen atoms in total. The first-order valence-corrected chi connectivity index (χ1v) is 7.47. The van der Waals surface area contributed by atoms with E-state index in [2.05, 4.69) is 29.4 Å². The van der Waals surface area contributed by atoms with E-state index in [4.69, 9.17) is 10.6 Å². The fourth-order valence-electron chi connectivity index (χ4n) is 1.99. The molecule has 0 aliphatic carbocycles. The Bertz CT molecular complexity index is 536. The number of rotatable bonds is 7. The van der Waals surface area contributed by atoms with E-state index in [9.17, 15) is 0 Å². The molecule has 2 aromatic heterocycles. The van der Waals surface area contributed by atoms with Gasteiger partial charge < -0.3 is 4.74 Å². The van der Waals surface area contributed by atoms with Crippen LogP contribution in [0, 0.1) is 5.92 Å². The summed E-state index contributed by atoms with van der Waals surface area (Å²) in [5, 5.41) is 6.25. The molecule has 0 radical (unpaired) electrons. The number of hydrazine groups is 1. The lowest BCUT2D eigenvalue weighted by Gasteiger charge is -2.15. The molecule has 2 heterocycles. The van der Waals surface area contributed by atoms with Gasteiger partial charge in [-0.1, -0.05) is 13.8 Å². The van der Waals surface area contributed by atoms with Crippen molar-refractivity contribution in [3.05, 3.63) is 28.5 Å². The first-order valence-electron chi connectivity index (χ1n) is 6.59.